The first-order valence-corrected chi connectivity index (χ1v) is 8.37. The van der Waals surface area contributed by atoms with Crippen molar-refractivity contribution in [1.82, 2.24) is 9.97 Å². The minimum absolute atomic E-state index is 0.303. The van der Waals surface area contributed by atoms with Crippen molar-refractivity contribution in [3.05, 3.63) is 42.7 Å². The fourth-order valence-electron chi connectivity index (χ4n) is 2.76. The van der Waals surface area contributed by atoms with Crippen molar-refractivity contribution in [2.75, 3.05) is 18.5 Å². The summed E-state index contributed by atoms with van der Waals surface area (Å²) in [6.07, 6.45) is 4.21. The second kappa shape index (κ2) is 6.02. The molecular weight excluding hydrogens is 294 g/mol. The van der Waals surface area contributed by atoms with Crippen LogP contribution in [0.3, 0.4) is 0 Å². The van der Waals surface area contributed by atoms with Crippen molar-refractivity contribution in [1.29, 1.82) is 0 Å². The van der Waals surface area contributed by atoms with Crippen LogP contribution in [0, 0.1) is 0 Å². The number of fused-ring (bicyclic) bond motifs is 1. The molecule has 4 rings (SSSR count). The number of anilines is 1. The molecule has 1 fully saturated rings. The van der Waals surface area contributed by atoms with Crippen LogP contribution >= 0.6 is 11.3 Å². The Balaban J connectivity index is 1.63. The molecule has 0 amide bonds. The van der Waals surface area contributed by atoms with Gasteiger partial charge < -0.3 is 10.1 Å². The molecule has 0 aliphatic carbocycles. The summed E-state index contributed by atoms with van der Waals surface area (Å²) in [5.41, 5.74) is 1.22. The Labute approximate surface area is 133 Å². The molecule has 4 nitrogen and oxygen atoms in total. The van der Waals surface area contributed by atoms with Crippen LogP contribution in [0.5, 0.6) is 0 Å². The van der Waals surface area contributed by atoms with E-state index < -0.39 is 0 Å². The summed E-state index contributed by atoms with van der Waals surface area (Å²) in [5.74, 6) is 0.902. The molecule has 0 saturated carbocycles. The van der Waals surface area contributed by atoms with E-state index in [9.17, 15) is 0 Å². The third-order valence-electron chi connectivity index (χ3n) is 3.91. The summed E-state index contributed by atoms with van der Waals surface area (Å²) in [6, 6.07) is 12.6. The molecule has 1 aliphatic rings. The van der Waals surface area contributed by atoms with Crippen LogP contribution in [0.2, 0.25) is 0 Å². The molecule has 22 heavy (non-hydrogen) atoms. The Morgan fingerprint density at radius 3 is 2.95 bits per heavy atom. The summed E-state index contributed by atoms with van der Waals surface area (Å²) in [4.78, 5) is 11.0. The van der Waals surface area contributed by atoms with Gasteiger partial charge in [0.2, 0.25) is 0 Å². The summed E-state index contributed by atoms with van der Waals surface area (Å²) < 4.78 is 5.66. The van der Waals surface area contributed by atoms with Gasteiger partial charge in [-0.2, -0.15) is 0 Å². The predicted octanol–water partition coefficient (Wildman–Crippen LogP) is 3.95. The second-order valence-corrected chi connectivity index (χ2v) is 6.46. The van der Waals surface area contributed by atoms with Crippen molar-refractivity contribution in [3.8, 4) is 10.4 Å². The maximum atomic E-state index is 5.66. The molecule has 1 aromatic carbocycles. The maximum absolute atomic E-state index is 5.66. The van der Waals surface area contributed by atoms with Crippen molar-refractivity contribution in [2.45, 2.75) is 18.9 Å². The number of benzene rings is 1. The largest absolute Gasteiger partial charge is 0.376 e. The number of nitrogens with zero attached hydrogens (tertiary/aromatic N) is 2. The Morgan fingerprint density at radius 1 is 1.23 bits per heavy atom. The molecule has 2 aromatic heterocycles. The van der Waals surface area contributed by atoms with Gasteiger partial charge in [-0.15, -0.1) is 11.3 Å². The van der Waals surface area contributed by atoms with Crippen LogP contribution in [-0.4, -0.2) is 29.2 Å². The van der Waals surface area contributed by atoms with Crippen LogP contribution in [0.1, 0.15) is 12.8 Å². The molecule has 1 N–H and O–H groups in total. The van der Waals surface area contributed by atoms with Crippen LogP contribution < -0.4 is 5.32 Å². The fraction of sp³-hybridized carbons (Fsp3) is 0.294. The number of hydrogen-bond acceptors (Lipinski definition) is 5. The van der Waals surface area contributed by atoms with Gasteiger partial charge in [-0.1, -0.05) is 30.3 Å². The molecule has 0 spiro atoms. The molecule has 0 bridgehead atoms. The van der Waals surface area contributed by atoms with E-state index in [4.69, 9.17) is 4.74 Å². The highest BCUT2D eigenvalue weighted by atomic mass is 32.1. The Morgan fingerprint density at radius 2 is 2.14 bits per heavy atom. The number of nitrogens with one attached hydrogen (secondary N) is 1. The minimum Gasteiger partial charge on any atom is -0.376 e. The zero-order chi connectivity index (χ0) is 14.8. The molecule has 5 heteroatoms. The lowest BCUT2D eigenvalue weighted by atomic mass is 10.2. The SMILES string of the molecule is c1ccc(-c2cc3c(NC[C@@H]4CCCO4)ncnc3s2)cc1. The van der Waals surface area contributed by atoms with Crippen LogP contribution in [-0.2, 0) is 4.74 Å². The van der Waals surface area contributed by atoms with Crippen molar-refractivity contribution < 1.29 is 4.74 Å². The molecule has 3 heterocycles. The Bertz CT molecular complexity index is 766. The van der Waals surface area contributed by atoms with Crippen LogP contribution in [0.15, 0.2) is 42.7 Å². The third-order valence-corrected chi connectivity index (χ3v) is 5.00. The number of hydrogen-bond donors (Lipinski definition) is 1. The van der Waals surface area contributed by atoms with Gasteiger partial charge >= 0.3 is 0 Å². The molecule has 3 aromatic rings. The van der Waals surface area contributed by atoms with Crippen molar-refractivity contribution >= 4 is 27.4 Å². The van der Waals surface area contributed by atoms with Gasteiger partial charge in [0.25, 0.3) is 0 Å². The Kier molecular flexibility index (Phi) is 3.74. The molecule has 0 radical (unpaired) electrons. The van der Waals surface area contributed by atoms with Gasteiger partial charge in [0, 0.05) is 18.0 Å². The van der Waals surface area contributed by atoms with Gasteiger partial charge in [0.1, 0.15) is 17.0 Å². The number of aromatic nitrogens is 2. The summed E-state index contributed by atoms with van der Waals surface area (Å²) in [6.45, 7) is 1.69. The van der Waals surface area contributed by atoms with Gasteiger partial charge in [0.05, 0.1) is 11.5 Å². The zero-order valence-corrected chi connectivity index (χ0v) is 13.0. The average Bonchev–Trinajstić information content (AvgIpc) is 3.23. The average molecular weight is 311 g/mol. The van der Waals surface area contributed by atoms with Crippen LogP contribution in [0.4, 0.5) is 5.82 Å². The quantitative estimate of drug-likeness (QED) is 0.792. The van der Waals surface area contributed by atoms with E-state index in [2.05, 4.69) is 45.6 Å². The standard InChI is InChI=1S/C17H17N3OS/c1-2-5-12(6-3-1)15-9-14-16(19-11-20-17(14)22-15)18-10-13-7-4-8-21-13/h1-3,5-6,9,11,13H,4,7-8,10H2,(H,18,19,20)/t13-/m0/s1. The highest BCUT2D eigenvalue weighted by Gasteiger charge is 2.16. The molecule has 112 valence electrons. The molecule has 1 atom stereocenters. The minimum atomic E-state index is 0.303. The number of rotatable bonds is 4. The third kappa shape index (κ3) is 2.69. The van der Waals surface area contributed by atoms with E-state index >= 15 is 0 Å². The normalized spacial score (nSPS) is 17.9. The maximum Gasteiger partial charge on any atom is 0.138 e. The monoisotopic (exact) mass is 311 g/mol. The summed E-state index contributed by atoms with van der Waals surface area (Å²) >= 11 is 1.70. The lowest BCUT2D eigenvalue weighted by Gasteiger charge is -2.11. The van der Waals surface area contributed by atoms with E-state index in [1.807, 2.05) is 6.07 Å². The smallest absolute Gasteiger partial charge is 0.138 e. The highest BCUT2D eigenvalue weighted by Crippen LogP contribution is 2.34. The highest BCUT2D eigenvalue weighted by molar-refractivity contribution is 7.21. The number of ether oxygens (including phenoxy) is 1. The van der Waals surface area contributed by atoms with Gasteiger partial charge in [-0.05, 0) is 24.5 Å². The lowest BCUT2D eigenvalue weighted by Crippen LogP contribution is -2.19. The van der Waals surface area contributed by atoms with E-state index in [0.29, 0.717) is 6.10 Å². The second-order valence-electron chi connectivity index (χ2n) is 5.43. The van der Waals surface area contributed by atoms with E-state index in [1.165, 1.54) is 10.4 Å². The first-order valence-electron chi connectivity index (χ1n) is 7.55. The summed E-state index contributed by atoms with van der Waals surface area (Å²) in [5, 5.41) is 4.51. The number of thiophene rings is 1. The molecule has 1 saturated heterocycles. The van der Waals surface area contributed by atoms with Gasteiger partial charge in [-0.3, -0.25) is 0 Å². The molecule has 1 aliphatic heterocycles. The first kappa shape index (κ1) is 13.7. The van der Waals surface area contributed by atoms with Gasteiger partial charge in [-0.25, -0.2) is 9.97 Å². The molecular formula is C17H17N3OS. The topological polar surface area (TPSA) is 47.0 Å². The van der Waals surface area contributed by atoms with E-state index in [-0.39, 0.29) is 0 Å². The summed E-state index contributed by atoms with van der Waals surface area (Å²) in [7, 11) is 0. The zero-order valence-electron chi connectivity index (χ0n) is 12.2. The fourth-order valence-corrected chi connectivity index (χ4v) is 3.76. The lowest BCUT2D eigenvalue weighted by molar-refractivity contribution is 0.120. The van der Waals surface area contributed by atoms with E-state index in [1.54, 1.807) is 17.7 Å². The Hall–Kier alpha value is -1.98. The molecule has 0 unspecified atom stereocenters. The van der Waals surface area contributed by atoms with Crippen molar-refractivity contribution in [3.63, 3.8) is 0 Å². The van der Waals surface area contributed by atoms with E-state index in [0.717, 1.165) is 42.0 Å². The predicted molar refractivity (Wildman–Crippen MR) is 90.3 cm³/mol. The van der Waals surface area contributed by atoms with Crippen molar-refractivity contribution in [2.24, 2.45) is 0 Å². The van der Waals surface area contributed by atoms with Crippen LogP contribution in [0.25, 0.3) is 20.7 Å². The first-order chi connectivity index (χ1) is 10.9. The van der Waals surface area contributed by atoms with Gasteiger partial charge in [0.15, 0.2) is 0 Å².